The van der Waals surface area contributed by atoms with Gasteiger partial charge in [0.25, 0.3) is 0 Å². The molecule has 0 aromatic heterocycles. The standard InChI is InChI=1S/C18H26N2O2/c1-22-17-9-5-8-16(14-17)19-13-11-18(21)20-12-10-15-6-3-2-4-7-15/h5-6,8-9,14,19H,2-4,7,10-13H2,1H3,(H,20,21). The third-order valence-electron chi connectivity index (χ3n) is 3.90. The molecule has 1 aliphatic rings. The smallest absolute Gasteiger partial charge is 0.221 e. The molecule has 0 saturated carbocycles. The molecule has 0 fully saturated rings. The Morgan fingerprint density at radius 2 is 2.18 bits per heavy atom. The molecule has 0 aliphatic heterocycles. The van der Waals surface area contributed by atoms with Gasteiger partial charge in [-0.1, -0.05) is 17.7 Å². The lowest BCUT2D eigenvalue weighted by molar-refractivity contribution is -0.120. The summed E-state index contributed by atoms with van der Waals surface area (Å²) >= 11 is 0. The summed E-state index contributed by atoms with van der Waals surface area (Å²) < 4.78 is 5.17. The molecule has 0 spiro atoms. The zero-order chi connectivity index (χ0) is 15.6. The third kappa shape index (κ3) is 5.80. The molecule has 1 aromatic rings. The monoisotopic (exact) mass is 302 g/mol. The van der Waals surface area contributed by atoms with Gasteiger partial charge in [-0.2, -0.15) is 0 Å². The van der Waals surface area contributed by atoms with Crippen LogP contribution in [0.2, 0.25) is 0 Å². The second kappa shape index (κ2) is 9.13. The van der Waals surface area contributed by atoms with Gasteiger partial charge < -0.3 is 15.4 Å². The van der Waals surface area contributed by atoms with Crippen molar-refractivity contribution in [3.63, 3.8) is 0 Å². The molecular weight excluding hydrogens is 276 g/mol. The summed E-state index contributed by atoms with van der Waals surface area (Å²) in [4.78, 5) is 11.8. The first-order chi connectivity index (χ1) is 10.8. The van der Waals surface area contributed by atoms with Gasteiger partial charge in [0, 0.05) is 31.3 Å². The van der Waals surface area contributed by atoms with Crippen molar-refractivity contribution >= 4 is 11.6 Å². The predicted octanol–water partition coefficient (Wildman–Crippen LogP) is 3.50. The van der Waals surface area contributed by atoms with E-state index in [1.807, 2.05) is 24.3 Å². The van der Waals surface area contributed by atoms with E-state index in [1.54, 1.807) is 7.11 Å². The van der Waals surface area contributed by atoms with Crippen molar-refractivity contribution in [2.75, 3.05) is 25.5 Å². The Kier molecular flexibility index (Phi) is 6.81. The Morgan fingerprint density at radius 3 is 2.95 bits per heavy atom. The van der Waals surface area contributed by atoms with Gasteiger partial charge in [-0.3, -0.25) is 4.79 Å². The van der Waals surface area contributed by atoms with E-state index in [2.05, 4.69) is 16.7 Å². The van der Waals surface area contributed by atoms with Crippen LogP contribution in [0.25, 0.3) is 0 Å². The predicted molar refractivity (Wildman–Crippen MR) is 90.3 cm³/mol. The Balaban J connectivity index is 1.60. The Hall–Kier alpha value is -1.97. The van der Waals surface area contributed by atoms with Crippen LogP contribution < -0.4 is 15.4 Å². The maximum Gasteiger partial charge on any atom is 0.221 e. The number of carbonyl (C=O) groups is 1. The lowest BCUT2D eigenvalue weighted by Crippen LogP contribution is -2.26. The molecule has 0 atom stereocenters. The van der Waals surface area contributed by atoms with Crippen LogP contribution in [0.4, 0.5) is 5.69 Å². The Labute approximate surface area is 132 Å². The summed E-state index contributed by atoms with van der Waals surface area (Å²) in [6.07, 6.45) is 8.82. The minimum absolute atomic E-state index is 0.104. The molecule has 0 radical (unpaired) electrons. The molecule has 1 aromatic carbocycles. The molecule has 2 N–H and O–H groups in total. The van der Waals surface area contributed by atoms with Gasteiger partial charge >= 0.3 is 0 Å². The highest BCUT2D eigenvalue weighted by Gasteiger charge is 2.05. The lowest BCUT2D eigenvalue weighted by atomic mass is 9.97. The molecule has 0 bridgehead atoms. The molecular formula is C18H26N2O2. The van der Waals surface area contributed by atoms with Crippen LogP contribution in [0, 0.1) is 0 Å². The largest absolute Gasteiger partial charge is 0.497 e. The Morgan fingerprint density at radius 1 is 1.27 bits per heavy atom. The number of amides is 1. The van der Waals surface area contributed by atoms with Crippen LogP contribution in [0.3, 0.4) is 0 Å². The molecule has 120 valence electrons. The van der Waals surface area contributed by atoms with Crippen LogP contribution in [0.5, 0.6) is 5.75 Å². The first kappa shape index (κ1) is 16.4. The maximum absolute atomic E-state index is 11.8. The molecule has 1 aliphatic carbocycles. The first-order valence-corrected chi connectivity index (χ1v) is 8.10. The third-order valence-corrected chi connectivity index (χ3v) is 3.90. The fraction of sp³-hybridized carbons (Fsp3) is 0.500. The van der Waals surface area contributed by atoms with Crippen molar-refractivity contribution in [1.82, 2.24) is 5.32 Å². The number of anilines is 1. The first-order valence-electron chi connectivity index (χ1n) is 8.10. The second-order valence-electron chi connectivity index (χ2n) is 5.62. The molecule has 22 heavy (non-hydrogen) atoms. The second-order valence-corrected chi connectivity index (χ2v) is 5.62. The van der Waals surface area contributed by atoms with Crippen molar-refractivity contribution in [3.8, 4) is 5.75 Å². The minimum Gasteiger partial charge on any atom is -0.497 e. The summed E-state index contributed by atoms with van der Waals surface area (Å²) in [5.41, 5.74) is 2.47. The van der Waals surface area contributed by atoms with Crippen LogP contribution in [-0.4, -0.2) is 26.1 Å². The highest BCUT2D eigenvalue weighted by atomic mass is 16.5. The summed E-state index contributed by atoms with van der Waals surface area (Å²) in [7, 11) is 1.65. The zero-order valence-electron chi connectivity index (χ0n) is 13.4. The van der Waals surface area contributed by atoms with E-state index in [1.165, 1.54) is 31.3 Å². The number of allylic oxidation sites excluding steroid dienone is 1. The number of methoxy groups -OCH3 is 1. The highest BCUT2D eigenvalue weighted by Crippen LogP contribution is 2.19. The molecule has 2 rings (SSSR count). The highest BCUT2D eigenvalue weighted by molar-refractivity contribution is 5.76. The van der Waals surface area contributed by atoms with Crippen LogP contribution in [0.1, 0.15) is 38.5 Å². The van der Waals surface area contributed by atoms with E-state index in [9.17, 15) is 4.79 Å². The van der Waals surface area contributed by atoms with E-state index >= 15 is 0 Å². The van der Waals surface area contributed by atoms with Crippen LogP contribution in [0.15, 0.2) is 35.9 Å². The average molecular weight is 302 g/mol. The quantitative estimate of drug-likeness (QED) is 0.723. The fourth-order valence-corrected chi connectivity index (χ4v) is 2.64. The van der Waals surface area contributed by atoms with Crippen molar-refractivity contribution in [2.45, 2.75) is 38.5 Å². The van der Waals surface area contributed by atoms with Gasteiger partial charge in [0.2, 0.25) is 5.91 Å². The molecule has 1 amide bonds. The summed E-state index contributed by atoms with van der Waals surface area (Å²) in [5, 5.41) is 6.23. The van der Waals surface area contributed by atoms with Gasteiger partial charge in [-0.15, -0.1) is 0 Å². The Bertz CT molecular complexity index is 512. The SMILES string of the molecule is COc1cccc(NCCC(=O)NCCC2=CCCCC2)c1. The summed E-state index contributed by atoms with van der Waals surface area (Å²) in [5.74, 6) is 0.919. The minimum atomic E-state index is 0.104. The van der Waals surface area contributed by atoms with Crippen molar-refractivity contribution in [3.05, 3.63) is 35.9 Å². The number of hydrogen-bond acceptors (Lipinski definition) is 3. The number of rotatable bonds is 8. The van der Waals surface area contributed by atoms with Crippen LogP contribution >= 0.6 is 0 Å². The van der Waals surface area contributed by atoms with E-state index in [0.717, 1.165) is 24.4 Å². The zero-order valence-corrected chi connectivity index (χ0v) is 13.4. The number of carbonyl (C=O) groups excluding carboxylic acids is 1. The molecule has 0 heterocycles. The fourth-order valence-electron chi connectivity index (χ4n) is 2.64. The number of nitrogens with one attached hydrogen (secondary N) is 2. The molecule has 4 nitrogen and oxygen atoms in total. The van der Waals surface area contributed by atoms with Crippen molar-refractivity contribution in [2.24, 2.45) is 0 Å². The molecule has 4 heteroatoms. The van der Waals surface area contributed by atoms with Crippen LogP contribution in [-0.2, 0) is 4.79 Å². The van der Waals surface area contributed by atoms with Gasteiger partial charge in [0.05, 0.1) is 7.11 Å². The number of hydrogen-bond donors (Lipinski definition) is 2. The van der Waals surface area contributed by atoms with Gasteiger partial charge in [0.1, 0.15) is 5.75 Å². The van der Waals surface area contributed by atoms with E-state index in [4.69, 9.17) is 4.74 Å². The summed E-state index contributed by atoms with van der Waals surface area (Å²) in [6.45, 7) is 1.38. The maximum atomic E-state index is 11.8. The molecule has 0 saturated heterocycles. The number of benzene rings is 1. The lowest BCUT2D eigenvalue weighted by Gasteiger charge is -2.13. The van der Waals surface area contributed by atoms with Crippen molar-refractivity contribution < 1.29 is 9.53 Å². The normalized spacial score (nSPS) is 14.1. The van der Waals surface area contributed by atoms with E-state index in [-0.39, 0.29) is 5.91 Å². The van der Waals surface area contributed by atoms with Gasteiger partial charge in [-0.05, 0) is 44.2 Å². The average Bonchev–Trinajstić information content (AvgIpc) is 2.56. The van der Waals surface area contributed by atoms with E-state index in [0.29, 0.717) is 13.0 Å². The topological polar surface area (TPSA) is 50.4 Å². The summed E-state index contributed by atoms with van der Waals surface area (Å²) in [6, 6.07) is 7.72. The number of ether oxygens (including phenoxy) is 1. The molecule has 0 unspecified atom stereocenters. The van der Waals surface area contributed by atoms with Gasteiger partial charge in [0.15, 0.2) is 0 Å². The van der Waals surface area contributed by atoms with E-state index < -0.39 is 0 Å². The van der Waals surface area contributed by atoms with Gasteiger partial charge in [-0.25, -0.2) is 0 Å². The van der Waals surface area contributed by atoms with Crippen molar-refractivity contribution in [1.29, 1.82) is 0 Å².